The van der Waals surface area contributed by atoms with Crippen LogP contribution >= 0.6 is 0 Å². The molecule has 4 rings (SSSR count). The normalized spacial score (nSPS) is 11.1. The molecule has 0 bridgehead atoms. The Balaban J connectivity index is 1.40. The van der Waals surface area contributed by atoms with Crippen LogP contribution in [0.3, 0.4) is 0 Å². The fourth-order valence-electron chi connectivity index (χ4n) is 2.99. The molecule has 2 aromatic carbocycles. The summed E-state index contributed by atoms with van der Waals surface area (Å²) in [6, 6.07) is 16.2. The third kappa shape index (κ3) is 4.37. The number of hydrogen-bond acceptors (Lipinski definition) is 7. The minimum atomic E-state index is -0.474. The van der Waals surface area contributed by atoms with Crippen LogP contribution < -0.4 is 11.0 Å². The molecule has 10 heteroatoms. The maximum absolute atomic E-state index is 12.2. The number of nitrogens with one attached hydrogen (secondary N) is 2. The Hall–Kier alpha value is -4.60. The number of rotatable bonds is 6. The number of nitro groups is 1. The number of non-ortho nitro benzene ring substituents is 1. The molecule has 154 valence electrons. The van der Waals surface area contributed by atoms with Crippen molar-refractivity contribution in [3.8, 4) is 11.3 Å². The van der Waals surface area contributed by atoms with Gasteiger partial charge in [0.2, 0.25) is 5.91 Å². The number of H-pyrrole nitrogens is 1. The zero-order valence-corrected chi connectivity index (χ0v) is 15.9. The molecule has 0 saturated carbocycles. The third-order valence-electron chi connectivity index (χ3n) is 4.47. The molecule has 0 spiro atoms. The Kier molecular flexibility index (Phi) is 5.35. The Morgan fingerprint density at radius 3 is 2.61 bits per heavy atom. The van der Waals surface area contributed by atoms with Crippen LogP contribution in [-0.4, -0.2) is 27.2 Å². The number of carbonyl (C=O) groups is 1. The van der Waals surface area contributed by atoms with Crippen molar-refractivity contribution in [3.05, 3.63) is 92.6 Å². The highest BCUT2D eigenvalue weighted by Gasteiger charge is 2.11. The lowest BCUT2D eigenvalue weighted by Gasteiger charge is -2.03. The summed E-state index contributed by atoms with van der Waals surface area (Å²) in [4.78, 5) is 34.3. The highest BCUT2D eigenvalue weighted by atomic mass is 16.6. The molecule has 2 heterocycles. The number of hydrazone groups is 1. The quantitative estimate of drug-likeness (QED) is 0.280. The zero-order chi connectivity index (χ0) is 21.8. The minimum Gasteiger partial charge on any atom is -0.455 e. The Morgan fingerprint density at radius 2 is 1.87 bits per heavy atom. The molecular weight excluding hydrogens is 402 g/mol. The second kappa shape index (κ2) is 8.41. The van der Waals surface area contributed by atoms with Crippen molar-refractivity contribution in [3.63, 3.8) is 0 Å². The van der Waals surface area contributed by atoms with Crippen molar-refractivity contribution in [2.45, 2.75) is 6.42 Å². The van der Waals surface area contributed by atoms with E-state index in [1.165, 1.54) is 18.3 Å². The lowest BCUT2D eigenvalue weighted by Crippen LogP contribution is -2.22. The number of amides is 1. The lowest BCUT2D eigenvalue weighted by molar-refractivity contribution is -0.384. The van der Waals surface area contributed by atoms with E-state index < -0.39 is 10.8 Å². The molecule has 0 aliphatic heterocycles. The summed E-state index contributed by atoms with van der Waals surface area (Å²) < 4.78 is 5.62. The van der Waals surface area contributed by atoms with Gasteiger partial charge in [-0.1, -0.05) is 18.2 Å². The molecule has 0 unspecified atom stereocenters. The number of nitro benzene ring substituents is 1. The van der Waals surface area contributed by atoms with Gasteiger partial charge in [0.25, 0.3) is 11.2 Å². The van der Waals surface area contributed by atoms with E-state index in [2.05, 4.69) is 20.7 Å². The predicted octanol–water partition coefficient (Wildman–Crippen LogP) is 2.78. The first-order valence-corrected chi connectivity index (χ1v) is 9.14. The molecular formula is C21H15N5O5. The smallest absolute Gasteiger partial charge is 0.272 e. The topological polar surface area (TPSA) is 143 Å². The molecule has 0 saturated heterocycles. The number of nitrogens with zero attached hydrogens (tertiary/aromatic N) is 3. The molecule has 0 aliphatic rings. The summed E-state index contributed by atoms with van der Waals surface area (Å²) in [5.41, 5.74) is 3.17. The number of fused-ring (bicyclic) bond motifs is 1. The van der Waals surface area contributed by atoms with E-state index in [-0.39, 0.29) is 17.7 Å². The van der Waals surface area contributed by atoms with Crippen LogP contribution in [0.4, 0.5) is 5.69 Å². The predicted molar refractivity (Wildman–Crippen MR) is 113 cm³/mol. The highest BCUT2D eigenvalue weighted by molar-refractivity contribution is 5.88. The molecule has 0 fully saturated rings. The summed E-state index contributed by atoms with van der Waals surface area (Å²) in [6.45, 7) is 0. The highest BCUT2D eigenvalue weighted by Crippen LogP contribution is 2.24. The largest absolute Gasteiger partial charge is 0.455 e. The average molecular weight is 417 g/mol. The third-order valence-corrected chi connectivity index (χ3v) is 4.47. The number of benzene rings is 2. The fourth-order valence-corrected chi connectivity index (χ4v) is 2.99. The Labute approximate surface area is 174 Å². The SMILES string of the molecule is O=C(Cc1n[nH]c(=O)c2ccccc12)N/N=C\c1ccc(-c2ccc([N+](=O)[O-])cc2)o1. The molecule has 0 aliphatic carbocycles. The van der Waals surface area contributed by atoms with Crippen LogP contribution in [0.2, 0.25) is 0 Å². The molecule has 2 N–H and O–H groups in total. The van der Waals surface area contributed by atoms with E-state index in [0.717, 1.165) is 0 Å². The van der Waals surface area contributed by atoms with Crippen LogP contribution in [-0.2, 0) is 11.2 Å². The van der Waals surface area contributed by atoms with Gasteiger partial charge in [-0.2, -0.15) is 10.2 Å². The molecule has 31 heavy (non-hydrogen) atoms. The summed E-state index contributed by atoms with van der Waals surface area (Å²) in [5, 5.41) is 22.0. The maximum atomic E-state index is 12.2. The number of carbonyl (C=O) groups excluding carboxylic acids is 1. The van der Waals surface area contributed by atoms with E-state index in [0.29, 0.717) is 33.6 Å². The summed E-state index contributed by atoms with van der Waals surface area (Å²) in [7, 11) is 0. The van der Waals surface area contributed by atoms with Crippen molar-refractivity contribution in [2.75, 3.05) is 0 Å². The fraction of sp³-hybridized carbons (Fsp3) is 0.0476. The van der Waals surface area contributed by atoms with Crippen molar-refractivity contribution < 1.29 is 14.1 Å². The van der Waals surface area contributed by atoms with Gasteiger partial charge >= 0.3 is 0 Å². The number of aromatic nitrogens is 2. The standard InChI is InChI=1S/C21H15N5O5/c27-20(11-18-16-3-1-2-4-17(16)21(28)25-23-18)24-22-12-15-9-10-19(31-15)13-5-7-14(8-6-13)26(29)30/h1-10,12H,11H2,(H,24,27)(H,25,28)/b22-12-. The van der Waals surface area contributed by atoms with Gasteiger partial charge < -0.3 is 4.42 Å². The summed E-state index contributed by atoms with van der Waals surface area (Å²) >= 11 is 0. The van der Waals surface area contributed by atoms with Crippen molar-refractivity contribution in [1.82, 2.24) is 15.6 Å². The van der Waals surface area contributed by atoms with E-state index in [9.17, 15) is 19.7 Å². The molecule has 0 atom stereocenters. The first kappa shape index (κ1) is 19.7. The molecule has 4 aromatic rings. The first-order chi connectivity index (χ1) is 15.0. The summed E-state index contributed by atoms with van der Waals surface area (Å²) in [5.74, 6) is 0.482. The van der Waals surface area contributed by atoms with Crippen LogP contribution in [0.25, 0.3) is 22.1 Å². The van der Waals surface area contributed by atoms with Crippen molar-refractivity contribution >= 4 is 28.6 Å². The van der Waals surface area contributed by atoms with Gasteiger partial charge in [-0.25, -0.2) is 10.5 Å². The van der Waals surface area contributed by atoms with Gasteiger partial charge in [0.15, 0.2) is 0 Å². The van der Waals surface area contributed by atoms with Crippen molar-refractivity contribution in [1.29, 1.82) is 0 Å². The monoisotopic (exact) mass is 417 g/mol. The number of aromatic amines is 1. The van der Waals surface area contributed by atoms with Gasteiger partial charge in [0.1, 0.15) is 11.5 Å². The maximum Gasteiger partial charge on any atom is 0.272 e. The van der Waals surface area contributed by atoms with Gasteiger partial charge in [-0.3, -0.25) is 19.7 Å². The van der Waals surface area contributed by atoms with Crippen LogP contribution in [0.5, 0.6) is 0 Å². The molecule has 10 nitrogen and oxygen atoms in total. The average Bonchev–Trinajstić information content (AvgIpc) is 3.25. The van der Waals surface area contributed by atoms with Crippen molar-refractivity contribution in [2.24, 2.45) is 5.10 Å². The second-order valence-corrected chi connectivity index (χ2v) is 6.52. The van der Waals surface area contributed by atoms with Crippen LogP contribution in [0.1, 0.15) is 11.5 Å². The summed E-state index contributed by atoms with van der Waals surface area (Å²) in [6.07, 6.45) is 1.27. The second-order valence-electron chi connectivity index (χ2n) is 6.52. The Morgan fingerprint density at radius 1 is 1.13 bits per heavy atom. The minimum absolute atomic E-state index is 0.00966. The van der Waals surface area contributed by atoms with Crippen LogP contribution in [0, 0.1) is 10.1 Å². The molecule has 0 radical (unpaired) electrons. The Bertz CT molecular complexity index is 1350. The molecule has 1 amide bonds. The zero-order valence-electron chi connectivity index (χ0n) is 15.9. The van der Waals surface area contributed by atoms with Gasteiger partial charge in [-0.15, -0.1) is 0 Å². The van der Waals surface area contributed by atoms with Crippen LogP contribution in [0.15, 0.2) is 75.0 Å². The van der Waals surface area contributed by atoms with E-state index in [4.69, 9.17) is 4.42 Å². The lowest BCUT2D eigenvalue weighted by atomic mass is 10.1. The first-order valence-electron chi connectivity index (χ1n) is 9.14. The number of hydrogen-bond donors (Lipinski definition) is 2. The van der Waals surface area contributed by atoms with E-state index >= 15 is 0 Å². The van der Waals surface area contributed by atoms with E-state index in [1.807, 2.05) is 0 Å². The van der Waals surface area contributed by atoms with Gasteiger partial charge in [0.05, 0.1) is 28.6 Å². The molecule has 2 aromatic heterocycles. The van der Waals surface area contributed by atoms with E-state index in [1.54, 1.807) is 48.5 Å². The number of furan rings is 1. The van der Waals surface area contributed by atoms with Gasteiger partial charge in [-0.05, 0) is 30.3 Å². The van der Waals surface area contributed by atoms with Gasteiger partial charge in [0, 0.05) is 23.1 Å².